The van der Waals surface area contributed by atoms with Crippen LogP contribution in [-0.4, -0.2) is 47.9 Å². The lowest BCUT2D eigenvalue weighted by Gasteiger charge is -2.22. The number of urea groups is 1. The second kappa shape index (κ2) is 7.43. The summed E-state index contributed by atoms with van der Waals surface area (Å²) in [5, 5.41) is 3.70. The van der Waals surface area contributed by atoms with Crippen LogP contribution in [0.4, 0.5) is 4.79 Å². The number of rotatable bonds is 3. The van der Waals surface area contributed by atoms with Crippen molar-refractivity contribution in [1.82, 2.24) is 15.1 Å². The van der Waals surface area contributed by atoms with E-state index in [0.717, 1.165) is 42.0 Å². The van der Waals surface area contributed by atoms with Gasteiger partial charge in [0.15, 0.2) is 0 Å². The average molecular weight is 350 g/mol. The van der Waals surface area contributed by atoms with Gasteiger partial charge in [-0.2, -0.15) is 0 Å². The van der Waals surface area contributed by atoms with Crippen LogP contribution in [0, 0.1) is 12.8 Å². The number of hydrogen-bond donors (Lipinski definition) is 1. The molecule has 5 nitrogen and oxygen atoms in total. The molecule has 0 unspecified atom stereocenters. The Kier molecular flexibility index (Phi) is 5.29. The number of aryl methyl sites for hydroxylation is 1. The van der Waals surface area contributed by atoms with Gasteiger partial charge in [-0.15, -0.1) is 0 Å². The second-order valence-corrected chi connectivity index (χ2v) is 7.09. The lowest BCUT2D eigenvalue weighted by Crippen LogP contribution is -2.42. The third kappa shape index (κ3) is 4.20. The molecule has 3 rings (SSSR count). The molecule has 1 aromatic carbocycles. The van der Waals surface area contributed by atoms with E-state index in [-0.39, 0.29) is 17.9 Å². The fourth-order valence-electron chi connectivity index (χ4n) is 3.04. The van der Waals surface area contributed by atoms with Gasteiger partial charge >= 0.3 is 6.03 Å². The van der Waals surface area contributed by atoms with Gasteiger partial charge in [-0.1, -0.05) is 23.7 Å². The van der Waals surface area contributed by atoms with Crippen LogP contribution in [0.15, 0.2) is 18.2 Å². The van der Waals surface area contributed by atoms with E-state index in [1.165, 1.54) is 0 Å². The number of halogens is 1. The summed E-state index contributed by atoms with van der Waals surface area (Å²) in [6.45, 7) is 5.13. The molecule has 1 N–H and O–H groups in total. The predicted molar refractivity (Wildman–Crippen MR) is 93.9 cm³/mol. The summed E-state index contributed by atoms with van der Waals surface area (Å²) >= 11 is 6.02. The lowest BCUT2D eigenvalue weighted by molar-refractivity contribution is -0.132. The van der Waals surface area contributed by atoms with E-state index < -0.39 is 0 Å². The first kappa shape index (κ1) is 17.1. The topological polar surface area (TPSA) is 52.7 Å². The number of nitrogens with one attached hydrogen (secondary N) is 1. The van der Waals surface area contributed by atoms with Crippen LogP contribution in [0.1, 0.15) is 30.4 Å². The molecule has 2 fully saturated rings. The molecule has 0 spiro atoms. The molecule has 6 heteroatoms. The highest BCUT2D eigenvalue weighted by Gasteiger charge is 2.34. The average Bonchev–Trinajstić information content (AvgIpc) is 3.41. The van der Waals surface area contributed by atoms with Crippen molar-refractivity contribution in [2.75, 3.05) is 26.2 Å². The van der Waals surface area contributed by atoms with Gasteiger partial charge in [-0.05, 0) is 43.4 Å². The molecule has 0 radical (unpaired) electrons. The molecule has 130 valence electrons. The van der Waals surface area contributed by atoms with Gasteiger partial charge in [0, 0.05) is 43.7 Å². The Balaban J connectivity index is 1.49. The Bertz CT molecular complexity index is 631. The SMILES string of the molecule is Cc1cc(CNC(=O)N2CCCN(C(=O)C3CC3)CC2)ccc1Cl. The number of carbonyl (C=O) groups excluding carboxylic acids is 2. The largest absolute Gasteiger partial charge is 0.341 e. The van der Waals surface area contributed by atoms with Crippen LogP contribution in [0.25, 0.3) is 0 Å². The van der Waals surface area contributed by atoms with E-state index in [4.69, 9.17) is 11.6 Å². The minimum absolute atomic E-state index is 0.0664. The monoisotopic (exact) mass is 349 g/mol. The highest BCUT2D eigenvalue weighted by Crippen LogP contribution is 2.31. The Morgan fingerprint density at radius 2 is 1.88 bits per heavy atom. The van der Waals surface area contributed by atoms with E-state index in [1.54, 1.807) is 0 Å². The normalized spacial score (nSPS) is 18.2. The van der Waals surface area contributed by atoms with E-state index in [1.807, 2.05) is 34.9 Å². The van der Waals surface area contributed by atoms with Crippen molar-refractivity contribution in [2.45, 2.75) is 32.7 Å². The molecule has 1 aromatic rings. The Hall–Kier alpha value is -1.75. The first-order valence-electron chi connectivity index (χ1n) is 8.61. The van der Waals surface area contributed by atoms with Crippen LogP contribution in [0.2, 0.25) is 5.02 Å². The summed E-state index contributed by atoms with van der Waals surface area (Å²) in [6, 6.07) is 5.70. The summed E-state index contributed by atoms with van der Waals surface area (Å²) < 4.78 is 0. The predicted octanol–water partition coefficient (Wildman–Crippen LogP) is 2.80. The van der Waals surface area contributed by atoms with Gasteiger partial charge in [-0.3, -0.25) is 4.79 Å². The maximum absolute atomic E-state index is 12.4. The number of amides is 3. The molecule has 1 aliphatic heterocycles. The van der Waals surface area contributed by atoms with Crippen LogP contribution in [0.3, 0.4) is 0 Å². The van der Waals surface area contributed by atoms with Crippen LogP contribution >= 0.6 is 11.6 Å². The van der Waals surface area contributed by atoms with Gasteiger partial charge < -0.3 is 15.1 Å². The van der Waals surface area contributed by atoms with Crippen molar-refractivity contribution in [2.24, 2.45) is 5.92 Å². The Morgan fingerprint density at radius 3 is 2.58 bits per heavy atom. The summed E-state index contributed by atoms with van der Waals surface area (Å²) in [5.74, 6) is 0.521. The summed E-state index contributed by atoms with van der Waals surface area (Å²) in [5.41, 5.74) is 2.04. The van der Waals surface area contributed by atoms with Gasteiger partial charge in [0.2, 0.25) is 5.91 Å². The van der Waals surface area contributed by atoms with E-state index in [0.29, 0.717) is 26.2 Å². The van der Waals surface area contributed by atoms with Crippen LogP contribution < -0.4 is 5.32 Å². The van der Waals surface area contributed by atoms with E-state index >= 15 is 0 Å². The molecule has 3 amide bonds. The number of hydrogen-bond acceptors (Lipinski definition) is 2. The van der Waals surface area contributed by atoms with Crippen molar-refractivity contribution in [3.05, 3.63) is 34.3 Å². The minimum Gasteiger partial charge on any atom is -0.341 e. The van der Waals surface area contributed by atoms with E-state index in [2.05, 4.69) is 5.32 Å². The maximum atomic E-state index is 12.4. The number of carbonyl (C=O) groups is 2. The molecule has 2 aliphatic rings. The Morgan fingerprint density at radius 1 is 1.17 bits per heavy atom. The third-order valence-electron chi connectivity index (χ3n) is 4.69. The second-order valence-electron chi connectivity index (χ2n) is 6.68. The summed E-state index contributed by atoms with van der Waals surface area (Å²) in [4.78, 5) is 28.3. The zero-order valence-electron chi connectivity index (χ0n) is 14.1. The molecular weight excluding hydrogens is 326 g/mol. The molecule has 1 saturated heterocycles. The summed E-state index contributed by atoms with van der Waals surface area (Å²) in [6.07, 6.45) is 2.89. The number of nitrogens with zero attached hydrogens (tertiary/aromatic N) is 2. The quantitative estimate of drug-likeness (QED) is 0.912. The highest BCUT2D eigenvalue weighted by molar-refractivity contribution is 6.31. The van der Waals surface area contributed by atoms with Gasteiger partial charge in [0.25, 0.3) is 0 Å². The first-order valence-corrected chi connectivity index (χ1v) is 8.99. The molecule has 24 heavy (non-hydrogen) atoms. The fourth-order valence-corrected chi connectivity index (χ4v) is 3.15. The number of benzene rings is 1. The summed E-state index contributed by atoms with van der Waals surface area (Å²) in [7, 11) is 0. The van der Waals surface area contributed by atoms with Crippen molar-refractivity contribution < 1.29 is 9.59 Å². The molecular formula is C18H24ClN3O2. The van der Waals surface area contributed by atoms with Gasteiger partial charge in [-0.25, -0.2) is 4.79 Å². The molecule has 0 atom stereocenters. The van der Waals surface area contributed by atoms with Crippen molar-refractivity contribution >= 4 is 23.5 Å². The lowest BCUT2D eigenvalue weighted by atomic mass is 10.1. The zero-order chi connectivity index (χ0) is 17.1. The fraction of sp³-hybridized carbons (Fsp3) is 0.556. The highest BCUT2D eigenvalue weighted by atomic mass is 35.5. The first-order chi connectivity index (χ1) is 11.5. The third-order valence-corrected chi connectivity index (χ3v) is 5.11. The van der Waals surface area contributed by atoms with Crippen molar-refractivity contribution in [1.29, 1.82) is 0 Å². The van der Waals surface area contributed by atoms with Gasteiger partial charge in [0.1, 0.15) is 0 Å². The van der Waals surface area contributed by atoms with Crippen molar-refractivity contribution in [3.8, 4) is 0 Å². The van der Waals surface area contributed by atoms with Crippen LogP contribution in [-0.2, 0) is 11.3 Å². The smallest absolute Gasteiger partial charge is 0.317 e. The molecule has 1 aliphatic carbocycles. The maximum Gasteiger partial charge on any atom is 0.317 e. The van der Waals surface area contributed by atoms with E-state index in [9.17, 15) is 9.59 Å². The van der Waals surface area contributed by atoms with Crippen LogP contribution in [0.5, 0.6) is 0 Å². The molecule has 0 bridgehead atoms. The standard InChI is InChI=1S/C18H24ClN3O2/c1-13-11-14(3-6-16(13)19)12-20-18(24)22-8-2-7-21(9-10-22)17(23)15-4-5-15/h3,6,11,15H,2,4-5,7-10,12H2,1H3,(H,20,24). The molecule has 1 saturated carbocycles. The van der Waals surface area contributed by atoms with Gasteiger partial charge in [0.05, 0.1) is 0 Å². The zero-order valence-corrected chi connectivity index (χ0v) is 14.8. The Labute approximate surface area is 147 Å². The van der Waals surface area contributed by atoms with Crippen molar-refractivity contribution in [3.63, 3.8) is 0 Å². The molecule has 0 aromatic heterocycles. The molecule has 1 heterocycles. The minimum atomic E-state index is -0.0664.